The van der Waals surface area contributed by atoms with E-state index in [1.54, 1.807) is 0 Å². The van der Waals surface area contributed by atoms with Gasteiger partial charge in [-0.25, -0.2) is 0 Å². The van der Waals surface area contributed by atoms with Crippen LogP contribution in [0.2, 0.25) is 0 Å². The van der Waals surface area contributed by atoms with Crippen LogP contribution in [0.3, 0.4) is 0 Å². The normalized spacial score (nSPS) is 12.9. The predicted molar refractivity (Wildman–Crippen MR) is 69.2 cm³/mol. The van der Waals surface area contributed by atoms with E-state index < -0.39 is 11.0 Å². The van der Waals surface area contributed by atoms with Crippen LogP contribution >= 0.6 is 23.5 Å². The summed E-state index contributed by atoms with van der Waals surface area (Å²) in [4.78, 5) is -0.0296. The third-order valence-corrected chi connectivity index (χ3v) is 5.02. The molecule has 0 aromatic heterocycles. The van der Waals surface area contributed by atoms with E-state index in [0.29, 0.717) is 0 Å². The molecule has 0 saturated heterocycles. The van der Waals surface area contributed by atoms with E-state index in [1.165, 1.54) is 27.7 Å². The lowest BCUT2D eigenvalue weighted by molar-refractivity contribution is -0.0338. The molecule has 0 aliphatic rings. The Bertz CT molecular complexity index is 440. The van der Waals surface area contributed by atoms with Crippen LogP contribution in [0.4, 0.5) is 26.3 Å². The molecule has 8 heteroatoms. The first-order valence-corrected chi connectivity index (χ1v) is 7.08. The van der Waals surface area contributed by atoms with E-state index in [4.69, 9.17) is 0 Å². The second-order valence-corrected chi connectivity index (χ2v) is 6.40. The largest absolute Gasteiger partial charge is 0.446 e. The lowest BCUT2D eigenvalue weighted by Gasteiger charge is -2.21. The predicted octanol–water partition coefficient (Wildman–Crippen LogP) is 6.14. The van der Waals surface area contributed by atoms with E-state index in [9.17, 15) is 26.3 Å². The molecule has 0 aliphatic carbocycles. The summed E-state index contributed by atoms with van der Waals surface area (Å²) in [7, 11) is 0. The molecule has 0 heterocycles. The maximum Gasteiger partial charge on any atom is 0.446 e. The number of halogens is 6. The van der Waals surface area contributed by atoms with Crippen molar-refractivity contribution in [1.82, 2.24) is 0 Å². The van der Waals surface area contributed by atoms with Gasteiger partial charge >= 0.3 is 11.0 Å². The Kier molecular flexibility index (Phi) is 5.01. The molecule has 0 bridgehead atoms. The maximum atomic E-state index is 12.5. The number of thioether (sulfide) groups is 2. The van der Waals surface area contributed by atoms with Crippen LogP contribution in [0, 0.1) is 27.7 Å². The van der Waals surface area contributed by atoms with Crippen LogP contribution in [-0.4, -0.2) is 11.0 Å². The smallest absolute Gasteiger partial charge is 0.160 e. The second-order valence-electron chi connectivity index (χ2n) is 4.25. The molecular weight excluding hydrogens is 322 g/mol. The van der Waals surface area contributed by atoms with Gasteiger partial charge < -0.3 is 0 Å². The fourth-order valence-corrected chi connectivity index (χ4v) is 3.47. The number of benzene rings is 1. The van der Waals surface area contributed by atoms with Gasteiger partial charge in [0, 0.05) is 9.79 Å². The first-order chi connectivity index (χ1) is 8.83. The molecule has 20 heavy (non-hydrogen) atoms. The van der Waals surface area contributed by atoms with Crippen LogP contribution in [0.25, 0.3) is 0 Å². The van der Waals surface area contributed by atoms with Gasteiger partial charge in [0.2, 0.25) is 0 Å². The summed E-state index contributed by atoms with van der Waals surface area (Å²) in [6.45, 7) is 5.65. The van der Waals surface area contributed by atoms with Crippen molar-refractivity contribution in [2.24, 2.45) is 0 Å². The first kappa shape index (κ1) is 17.6. The van der Waals surface area contributed by atoms with Gasteiger partial charge in [0.05, 0.1) is 0 Å². The van der Waals surface area contributed by atoms with Crippen LogP contribution in [-0.2, 0) is 0 Å². The molecule has 114 valence electrons. The summed E-state index contributed by atoms with van der Waals surface area (Å²) < 4.78 is 75.1. The molecule has 1 aromatic carbocycles. The molecule has 1 aromatic rings. The topological polar surface area (TPSA) is 0 Å². The van der Waals surface area contributed by atoms with Crippen molar-refractivity contribution in [3.63, 3.8) is 0 Å². The standard InChI is InChI=1S/C12H12F6S2/c1-5-6(2)10(20-12(16,17)18)8(4)7(3)9(5)19-11(13,14)15/h1-4H3. The number of rotatable bonds is 2. The van der Waals surface area contributed by atoms with Crippen molar-refractivity contribution in [1.29, 1.82) is 0 Å². The van der Waals surface area contributed by atoms with Gasteiger partial charge in [0.25, 0.3) is 0 Å². The van der Waals surface area contributed by atoms with Gasteiger partial charge in [-0.2, -0.15) is 26.3 Å². The zero-order valence-electron chi connectivity index (χ0n) is 11.1. The Balaban J connectivity index is 3.42. The molecule has 0 unspecified atom stereocenters. The Hall–Kier alpha value is -0.500. The molecule has 0 amide bonds. The molecule has 0 saturated carbocycles. The zero-order chi connectivity index (χ0) is 15.9. The monoisotopic (exact) mass is 334 g/mol. The minimum absolute atomic E-state index is 0.0148. The highest BCUT2D eigenvalue weighted by molar-refractivity contribution is 8.00. The number of hydrogen-bond donors (Lipinski definition) is 0. The number of alkyl halides is 6. The zero-order valence-corrected chi connectivity index (χ0v) is 12.7. The molecule has 0 nitrogen and oxygen atoms in total. The lowest BCUT2D eigenvalue weighted by atomic mass is 10.0. The SMILES string of the molecule is Cc1c(C)c(SC(F)(F)F)c(C)c(C)c1SC(F)(F)F. The van der Waals surface area contributed by atoms with Crippen LogP contribution in [0.1, 0.15) is 22.3 Å². The Morgan fingerprint density at radius 2 is 0.750 bits per heavy atom. The highest BCUT2D eigenvalue weighted by Gasteiger charge is 2.35. The second kappa shape index (κ2) is 5.71. The maximum absolute atomic E-state index is 12.5. The fraction of sp³-hybridized carbons (Fsp3) is 0.500. The van der Waals surface area contributed by atoms with Crippen molar-refractivity contribution in [3.8, 4) is 0 Å². The van der Waals surface area contributed by atoms with E-state index in [2.05, 4.69) is 0 Å². The molecule has 1 rings (SSSR count). The Morgan fingerprint density at radius 1 is 0.550 bits per heavy atom. The van der Waals surface area contributed by atoms with Crippen LogP contribution in [0.5, 0.6) is 0 Å². The average molecular weight is 334 g/mol. The van der Waals surface area contributed by atoms with Crippen molar-refractivity contribution >= 4 is 23.5 Å². The van der Waals surface area contributed by atoms with Gasteiger partial charge in [0.1, 0.15) is 0 Å². The van der Waals surface area contributed by atoms with Gasteiger partial charge in [0.15, 0.2) is 0 Å². The van der Waals surface area contributed by atoms with Crippen molar-refractivity contribution in [3.05, 3.63) is 22.3 Å². The van der Waals surface area contributed by atoms with E-state index >= 15 is 0 Å². The van der Waals surface area contributed by atoms with Gasteiger partial charge in [-0.05, 0) is 73.5 Å². The van der Waals surface area contributed by atoms with Crippen molar-refractivity contribution in [2.45, 2.75) is 48.5 Å². The van der Waals surface area contributed by atoms with E-state index in [1.807, 2.05) is 0 Å². The first-order valence-electron chi connectivity index (χ1n) is 5.45. The number of hydrogen-bond acceptors (Lipinski definition) is 2. The quantitative estimate of drug-likeness (QED) is 0.470. The van der Waals surface area contributed by atoms with Gasteiger partial charge in [-0.15, -0.1) is 0 Å². The minimum atomic E-state index is -4.47. The molecule has 0 fully saturated rings. The van der Waals surface area contributed by atoms with Gasteiger partial charge in [-0.3, -0.25) is 0 Å². The van der Waals surface area contributed by atoms with Crippen LogP contribution in [0.15, 0.2) is 9.79 Å². The Labute approximate surface area is 121 Å². The summed E-state index contributed by atoms with van der Waals surface area (Å²) >= 11 is -0.563. The van der Waals surface area contributed by atoms with Crippen LogP contribution < -0.4 is 0 Å². The molecule has 0 radical (unpaired) electrons. The Morgan fingerprint density at radius 3 is 0.900 bits per heavy atom. The lowest BCUT2D eigenvalue weighted by Crippen LogP contribution is -2.07. The summed E-state index contributed by atoms with van der Waals surface area (Å²) in [5.41, 5.74) is -7.98. The molecular formula is C12H12F6S2. The summed E-state index contributed by atoms with van der Waals surface area (Å²) in [6, 6.07) is 0. The molecule has 0 spiro atoms. The summed E-state index contributed by atoms with van der Waals surface area (Å²) in [5, 5.41) is 0. The highest BCUT2D eigenvalue weighted by Crippen LogP contribution is 2.47. The van der Waals surface area contributed by atoms with Gasteiger partial charge in [-0.1, -0.05) is 0 Å². The summed E-state index contributed by atoms with van der Waals surface area (Å²) in [5.74, 6) is 0. The molecule has 0 aliphatic heterocycles. The molecule has 0 atom stereocenters. The third kappa shape index (κ3) is 4.25. The fourth-order valence-electron chi connectivity index (χ4n) is 1.78. The minimum Gasteiger partial charge on any atom is -0.160 e. The van der Waals surface area contributed by atoms with E-state index in [0.717, 1.165) is 0 Å². The highest BCUT2D eigenvalue weighted by atomic mass is 32.2. The van der Waals surface area contributed by atoms with E-state index in [-0.39, 0.29) is 55.6 Å². The van der Waals surface area contributed by atoms with Crippen molar-refractivity contribution in [2.75, 3.05) is 0 Å². The summed E-state index contributed by atoms with van der Waals surface area (Å²) in [6.07, 6.45) is 0. The third-order valence-electron chi connectivity index (χ3n) is 2.92. The molecule has 0 N–H and O–H groups in total. The average Bonchev–Trinajstić information content (AvgIpc) is 2.25. The van der Waals surface area contributed by atoms with Crippen molar-refractivity contribution < 1.29 is 26.3 Å².